The Hall–Kier alpha value is -3.09. The molecule has 1 aromatic carbocycles. The second-order valence-electron chi connectivity index (χ2n) is 6.56. The summed E-state index contributed by atoms with van der Waals surface area (Å²) < 4.78 is 10.4. The Morgan fingerprint density at radius 2 is 1.92 bits per heavy atom. The summed E-state index contributed by atoms with van der Waals surface area (Å²) in [6.45, 7) is 5.67. The van der Waals surface area contributed by atoms with Gasteiger partial charge < -0.3 is 14.8 Å². The first-order valence-corrected chi connectivity index (χ1v) is 8.14. The average molecular weight is 357 g/mol. The summed E-state index contributed by atoms with van der Waals surface area (Å²) in [5.74, 6) is 0.0679. The van der Waals surface area contributed by atoms with Crippen molar-refractivity contribution in [1.29, 1.82) is 0 Å². The van der Waals surface area contributed by atoms with Crippen LogP contribution in [0, 0.1) is 0 Å². The van der Waals surface area contributed by atoms with E-state index < -0.39 is 11.7 Å². The fourth-order valence-corrected chi connectivity index (χ4v) is 2.17. The Morgan fingerprint density at radius 1 is 1.15 bits per heavy atom. The lowest BCUT2D eigenvalue weighted by atomic mass is 10.2. The molecular formula is C19H23N3O4. The standard InChI is InChI=1S/C19H23N3O4/c1-19(2,3)26-18(24)22-14-8-5-7-13(11-14)12-21-17(23)16-15(25-4)9-6-10-20-16/h5-11H,12H2,1-4H3,(H,21,23)(H,22,24). The summed E-state index contributed by atoms with van der Waals surface area (Å²) in [6, 6.07) is 10.5. The fourth-order valence-electron chi connectivity index (χ4n) is 2.17. The molecule has 0 aliphatic rings. The normalized spacial score (nSPS) is 10.8. The van der Waals surface area contributed by atoms with Gasteiger partial charge in [0.15, 0.2) is 5.69 Å². The monoisotopic (exact) mass is 357 g/mol. The van der Waals surface area contributed by atoms with Gasteiger partial charge in [-0.05, 0) is 50.6 Å². The lowest BCUT2D eigenvalue weighted by Crippen LogP contribution is -2.27. The lowest BCUT2D eigenvalue weighted by molar-refractivity contribution is 0.0635. The van der Waals surface area contributed by atoms with E-state index in [0.29, 0.717) is 11.4 Å². The molecule has 2 rings (SSSR count). The molecule has 2 aromatic rings. The Kier molecular flexibility index (Phi) is 6.16. The highest BCUT2D eigenvalue weighted by Crippen LogP contribution is 2.16. The highest BCUT2D eigenvalue weighted by Gasteiger charge is 2.16. The quantitative estimate of drug-likeness (QED) is 0.856. The van der Waals surface area contributed by atoms with E-state index in [1.54, 1.807) is 51.1 Å². The van der Waals surface area contributed by atoms with Crippen LogP contribution >= 0.6 is 0 Å². The molecule has 0 unspecified atom stereocenters. The molecule has 2 amide bonds. The first-order valence-electron chi connectivity index (χ1n) is 8.14. The molecule has 7 heteroatoms. The van der Waals surface area contributed by atoms with E-state index in [4.69, 9.17) is 9.47 Å². The Morgan fingerprint density at radius 3 is 2.62 bits per heavy atom. The van der Waals surface area contributed by atoms with Crippen molar-refractivity contribution in [2.45, 2.75) is 32.9 Å². The minimum absolute atomic E-state index is 0.220. The molecule has 0 aliphatic carbocycles. The van der Waals surface area contributed by atoms with Gasteiger partial charge in [0, 0.05) is 18.4 Å². The van der Waals surface area contributed by atoms with Gasteiger partial charge in [-0.1, -0.05) is 12.1 Å². The zero-order valence-corrected chi connectivity index (χ0v) is 15.3. The smallest absolute Gasteiger partial charge is 0.412 e. The van der Waals surface area contributed by atoms with E-state index in [1.165, 1.54) is 13.3 Å². The van der Waals surface area contributed by atoms with Gasteiger partial charge >= 0.3 is 6.09 Å². The maximum atomic E-state index is 12.3. The van der Waals surface area contributed by atoms with E-state index in [9.17, 15) is 9.59 Å². The molecule has 0 saturated carbocycles. The molecule has 1 heterocycles. The number of hydrogen-bond acceptors (Lipinski definition) is 5. The number of rotatable bonds is 5. The van der Waals surface area contributed by atoms with Gasteiger partial charge in [0.05, 0.1) is 7.11 Å². The number of pyridine rings is 1. The van der Waals surface area contributed by atoms with E-state index in [-0.39, 0.29) is 18.1 Å². The van der Waals surface area contributed by atoms with Gasteiger partial charge in [-0.2, -0.15) is 0 Å². The van der Waals surface area contributed by atoms with Crippen LogP contribution < -0.4 is 15.4 Å². The lowest BCUT2D eigenvalue weighted by Gasteiger charge is -2.19. The van der Waals surface area contributed by atoms with E-state index >= 15 is 0 Å². The molecular weight excluding hydrogens is 334 g/mol. The predicted molar refractivity (Wildman–Crippen MR) is 98.3 cm³/mol. The van der Waals surface area contributed by atoms with Gasteiger partial charge in [-0.15, -0.1) is 0 Å². The predicted octanol–water partition coefficient (Wildman–Crippen LogP) is 3.37. The van der Waals surface area contributed by atoms with Crippen LogP contribution in [0.2, 0.25) is 0 Å². The first kappa shape index (κ1) is 19.2. The molecule has 0 spiro atoms. The number of ether oxygens (including phenoxy) is 2. The van der Waals surface area contributed by atoms with Crippen molar-refractivity contribution in [2.24, 2.45) is 0 Å². The maximum Gasteiger partial charge on any atom is 0.412 e. The van der Waals surface area contributed by atoms with Gasteiger partial charge in [0.25, 0.3) is 5.91 Å². The van der Waals surface area contributed by atoms with Crippen molar-refractivity contribution in [3.8, 4) is 5.75 Å². The van der Waals surface area contributed by atoms with Crippen LogP contribution in [0.3, 0.4) is 0 Å². The van der Waals surface area contributed by atoms with Crippen LogP contribution in [0.1, 0.15) is 36.8 Å². The summed E-state index contributed by atoms with van der Waals surface area (Å²) in [5.41, 5.74) is 1.05. The van der Waals surface area contributed by atoms with Crippen molar-refractivity contribution in [1.82, 2.24) is 10.3 Å². The van der Waals surface area contributed by atoms with Gasteiger partial charge in [0.2, 0.25) is 0 Å². The number of hydrogen-bond donors (Lipinski definition) is 2. The van der Waals surface area contributed by atoms with Crippen LogP contribution in [0.25, 0.3) is 0 Å². The molecule has 0 atom stereocenters. The highest BCUT2D eigenvalue weighted by atomic mass is 16.6. The number of methoxy groups -OCH3 is 1. The molecule has 7 nitrogen and oxygen atoms in total. The third kappa shape index (κ3) is 5.77. The summed E-state index contributed by atoms with van der Waals surface area (Å²) in [5, 5.41) is 5.45. The number of aromatic nitrogens is 1. The van der Waals surface area contributed by atoms with Crippen LogP contribution in [0.5, 0.6) is 5.75 Å². The fraction of sp³-hybridized carbons (Fsp3) is 0.316. The average Bonchev–Trinajstić information content (AvgIpc) is 2.58. The van der Waals surface area contributed by atoms with Crippen LogP contribution in [-0.4, -0.2) is 29.7 Å². The largest absolute Gasteiger partial charge is 0.494 e. The van der Waals surface area contributed by atoms with Crippen LogP contribution in [0.4, 0.5) is 10.5 Å². The van der Waals surface area contributed by atoms with Crippen LogP contribution in [-0.2, 0) is 11.3 Å². The molecule has 138 valence electrons. The number of benzene rings is 1. The van der Waals surface area contributed by atoms with Crippen molar-refractivity contribution < 1.29 is 19.1 Å². The van der Waals surface area contributed by atoms with Crippen molar-refractivity contribution >= 4 is 17.7 Å². The second kappa shape index (κ2) is 8.33. The third-order valence-electron chi connectivity index (χ3n) is 3.23. The van der Waals surface area contributed by atoms with Gasteiger partial charge in [-0.25, -0.2) is 9.78 Å². The number of nitrogens with zero attached hydrogens (tertiary/aromatic N) is 1. The zero-order chi connectivity index (χ0) is 19.2. The number of carbonyl (C=O) groups is 2. The Bertz CT molecular complexity index is 784. The highest BCUT2D eigenvalue weighted by molar-refractivity contribution is 5.94. The first-order chi connectivity index (χ1) is 12.3. The summed E-state index contributed by atoms with van der Waals surface area (Å²) in [6.07, 6.45) is 1.000. The molecule has 0 saturated heterocycles. The SMILES string of the molecule is COc1cccnc1C(=O)NCc1cccc(NC(=O)OC(C)(C)C)c1. The second-order valence-corrected chi connectivity index (χ2v) is 6.56. The van der Waals surface area contributed by atoms with E-state index in [0.717, 1.165) is 5.56 Å². The molecule has 26 heavy (non-hydrogen) atoms. The number of amides is 2. The number of nitrogens with one attached hydrogen (secondary N) is 2. The van der Waals surface area contributed by atoms with E-state index in [1.807, 2.05) is 6.07 Å². The minimum Gasteiger partial charge on any atom is -0.494 e. The Balaban J connectivity index is 1.98. The van der Waals surface area contributed by atoms with E-state index in [2.05, 4.69) is 15.6 Å². The zero-order valence-electron chi connectivity index (χ0n) is 15.3. The molecule has 2 N–H and O–H groups in total. The molecule has 0 aliphatic heterocycles. The molecule has 0 bridgehead atoms. The summed E-state index contributed by atoms with van der Waals surface area (Å²) in [4.78, 5) is 28.2. The maximum absolute atomic E-state index is 12.3. The molecule has 1 aromatic heterocycles. The van der Waals surface area contributed by atoms with Gasteiger partial charge in [-0.3, -0.25) is 10.1 Å². The van der Waals surface area contributed by atoms with Crippen molar-refractivity contribution in [3.05, 3.63) is 53.9 Å². The molecule has 0 radical (unpaired) electrons. The Labute approximate surface area is 152 Å². The summed E-state index contributed by atoms with van der Waals surface area (Å²) >= 11 is 0. The number of anilines is 1. The van der Waals surface area contributed by atoms with Crippen LogP contribution in [0.15, 0.2) is 42.6 Å². The number of carbonyl (C=O) groups excluding carboxylic acids is 2. The third-order valence-corrected chi connectivity index (χ3v) is 3.23. The van der Waals surface area contributed by atoms with Gasteiger partial charge in [0.1, 0.15) is 11.4 Å². The minimum atomic E-state index is -0.572. The van der Waals surface area contributed by atoms with Crippen molar-refractivity contribution in [3.63, 3.8) is 0 Å². The molecule has 0 fully saturated rings. The summed E-state index contributed by atoms with van der Waals surface area (Å²) in [7, 11) is 1.49. The topological polar surface area (TPSA) is 89.5 Å². The van der Waals surface area contributed by atoms with Crippen molar-refractivity contribution in [2.75, 3.05) is 12.4 Å².